The molecule has 2 aromatic carbocycles. The molecule has 1 amide bonds. The number of alkyl halides is 3. The summed E-state index contributed by atoms with van der Waals surface area (Å²) in [5.74, 6) is -2.27. The zero-order chi connectivity index (χ0) is 21.7. The smallest absolute Gasteiger partial charge is 0.455 e. The molecule has 1 saturated heterocycles. The van der Waals surface area contributed by atoms with Gasteiger partial charge < -0.3 is 15.0 Å². The van der Waals surface area contributed by atoms with Gasteiger partial charge in [0.05, 0.1) is 22.8 Å². The number of nitrogens with one attached hydrogen (secondary N) is 1. The first-order chi connectivity index (χ1) is 14.2. The van der Waals surface area contributed by atoms with Crippen LogP contribution in [0.5, 0.6) is 11.5 Å². The van der Waals surface area contributed by atoms with E-state index in [1.54, 1.807) is 42.2 Å². The number of anilines is 1. The van der Waals surface area contributed by atoms with Gasteiger partial charge in [0.15, 0.2) is 5.75 Å². The first kappa shape index (κ1) is 20.0. The Balaban J connectivity index is 1.92. The lowest BCUT2D eigenvalue weighted by molar-refractivity contribution is -0.175. The third-order valence-electron chi connectivity index (χ3n) is 5.79. The van der Waals surface area contributed by atoms with Crippen LogP contribution in [-0.4, -0.2) is 24.7 Å². The summed E-state index contributed by atoms with van der Waals surface area (Å²) < 4.78 is 59.2. The van der Waals surface area contributed by atoms with Crippen LogP contribution in [0.4, 0.5) is 23.2 Å². The fraction of sp³-hybridized carbons (Fsp3) is 0.333. The van der Waals surface area contributed by atoms with Crippen LogP contribution < -0.4 is 15.0 Å². The van der Waals surface area contributed by atoms with E-state index in [0.717, 1.165) is 6.07 Å². The molecule has 156 valence electrons. The average molecular weight is 419 g/mol. The van der Waals surface area contributed by atoms with Gasteiger partial charge in [0.2, 0.25) is 0 Å². The minimum Gasteiger partial charge on any atom is -0.455 e. The third-order valence-corrected chi connectivity index (χ3v) is 5.79. The Morgan fingerprint density at radius 2 is 2.03 bits per heavy atom. The largest absolute Gasteiger partial charge is 0.471 e. The number of carbonyl (C=O) groups is 1. The maximum atomic E-state index is 14.3. The SMILES string of the molecule is C[C@]12c3ccccc3Oc3cc(F)c(C#N)cc3N1CCCC2NC(=O)C(F)(F)F. The number of fused-ring (bicyclic) bond motifs is 5. The molecule has 1 fully saturated rings. The predicted octanol–water partition coefficient (Wildman–Crippen LogP) is 4.37. The Hall–Kier alpha value is -3.28. The fourth-order valence-corrected chi connectivity index (χ4v) is 4.33. The molecule has 0 aliphatic carbocycles. The van der Waals surface area contributed by atoms with E-state index in [0.29, 0.717) is 36.4 Å². The molecule has 0 aromatic heterocycles. The summed E-state index contributed by atoms with van der Waals surface area (Å²) in [6.45, 7) is 2.15. The molecule has 2 aromatic rings. The molecule has 30 heavy (non-hydrogen) atoms. The first-order valence-corrected chi connectivity index (χ1v) is 9.32. The number of hydrogen-bond acceptors (Lipinski definition) is 4. The van der Waals surface area contributed by atoms with Crippen molar-refractivity contribution in [1.29, 1.82) is 5.26 Å². The number of piperidine rings is 1. The van der Waals surface area contributed by atoms with E-state index in [-0.39, 0.29) is 11.3 Å². The number of amides is 1. The van der Waals surface area contributed by atoms with E-state index in [2.05, 4.69) is 5.32 Å². The summed E-state index contributed by atoms with van der Waals surface area (Å²) >= 11 is 0. The normalized spacial score (nSPS) is 22.5. The van der Waals surface area contributed by atoms with Crippen molar-refractivity contribution in [2.45, 2.75) is 37.5 Å². The van der Waals surface area contributed by atoms with Crippen LogP contribution in [0, 0.1) is 17.1 Å². The second-order valence-corrected chi connectivity index (χ2v) is 7.47. The van der Waals surface area contributed by atoms with Crippen LogP contribution in [0.2, 0.25) is 0 Å². The van der Waals surface area contributed by atoms with Crippen molar-refractivity contribution in [3.05, 3.63) is 53.3 Å². The highest BCUT2D eigenvalue weighted by Gasteiger charge is 2.51. The van der Waals surface area contributed by atoms with E-state index in [9.17, 15) is 27.6 Å². The molecule has 1 unspecified atom stereocenters. The van der Waals surface area contributed by atoms with Gasteiger partial charge in [-0.3, -0.25) is 4.79 Å². The molecular formula is C21H17F4N3O2. The topological polar surface area (TPSA) is 65.4 Å². The number of nitriles is 1. The van der Waals surface area contributed by atoms with E-state index >= 15 is 0 Å². The lowest BCUT2D eigenvalue weighted by atomic mass is 9.77. The Morgan fingerprint density at radius 1 is 1.30 bits per heavy atom. The van der Waals surface area contributed by atoms with Gasteiger partial charge in [-0.1, -0.05) is 18.2 Å². The van der Waals surface area contributed by atoms with Crippen LogP contribution in [0.25, 0.3) is 0 Å². The van der Waals surface area contributed by atoms with Gasteiger partial charge in [-0.05, 0) is 31.9 Å². The number of nitrogens with zero attached hydrogens (tertiary/aromatic N) is 2. The quantitative estimate of drug-likeness (QED) is 0.698. The molecule has 9 heteroatoms. The molecule has 4 rings (SSSR count). The van der Waals surface area contributed by atoms with Gasteiger partial charge in [-0.25, -0.2) is 4.39 Å². The van der Waals surface area contributed by atoms with Crippen molar-refractivity contribution in [2.24, 2.45) is 0 Å². The van der Waals surface area contributed by atoms with Crippen molar-refractivity contribution in [3.63, 3.8) is 0 Å². The minimum absolute atomic E-state index is 0.158. The van der Waals surface area contributed by atoms with Crippen LogP contribution in [-0.2, 0) is 10.3 Å². The molecule has 2 aliphatic rings. The molecule has 5 nitrogen and oxygen atoms in total. The third kappa shape index (κ3) is 3.03. The van der Waals surface area contributed by atoms with Crippen LogP contribution in [0.15, 0.2) is 36.4 Å². The average Bonchev–Trinajstić information content (AvgIpc) is 2.79. The van der Waals surface area contributed by atoms with E-state index in [4.69, 9.17) is 4.74 Å². The predicted molar refractivity (Wildman–Crippen MR) is 99.5 cm³/mol. The Bertz CT molecular complexity index is 1060. The highest BCUT2D eigenvalue weighted by atomic mass is 19.4. The number of ether oxygens (including phenoxy) is 1. The molecule has 0 saturated carbocycles. The number of para-hydroxylation sites is 1. The first-order valence-electron chi connectivity index (χ1n) is 9.32. The molecule has 2 aliphatic heterocycles. The second kappa shape index (κ2) is 6.90. The van der Waals surface area contributed by atoms with Crippen molar-refractivity contribution < 1.29 is 27.1 Å². The Morgan fingerprint density at radius 3 is 2.73 bits per heavy atom. The van der Waals surface area contributed by atoms with Crippen molar-refractivity contribution >= 4 is 11.6 Å². The lowest BCUT2D eigenvalue weighted by Crippen LogP contribution is -2.62. The Kier molecular flexibility index (Phi) is 4.60. The van der Waals surface area contributed by atoms with Crippen molar-refractivity contribution in [1.82, 2.24) is 5.32 Å². The van der Waals surface area contributed by atoms with Crippen LogP contribution >= 0.6 is 0 Å². The van der Waals surface area contributed by atoms with Gasteiger partial charge >= 0.3 is 12.1 Å². The van der Waals surface area contributed by atoms with Gasteiger partial charge in [0.1, 0.15) is 17.6 Å². The number of benzene rings is 2. The molecule has 2 heterocycles. The zero-order valence-corrected chi connectivity index (χ0v) is 15.9. The molecule has 0 spiro atoms. The molecule has 2 atom stereocenters. The second-order valence-electron chi connectivity index (χ2n) is 7.47. The highest BCUT2D eigenvalue weighted by Crippen LogP contribution is 2.51. The van der Waals surface area contributed by atoms with Gasteiger partial charge in [0, 0.05) is 18.2 Å². The molecular weight excluding hydrogens is 402 g/mol. The number of carbonyl (C=O) groups excluding carboxylic acids is 1. The van der Waals surface area contributed by atoms with Crippen molar-refractivity contribution in [3.8, 4) is 17.6 Å². The molecule has 0 radical (unpaired) electrons. The lowest BCUT2D eigenvalue weighted by Gasteiger charge is -2.51. The highest BCUT2D eigenvalue weighted by molar-refractivity contribution is 5.82. The van der Waals surface area contributed by atoms with E-state index in [1.807, 2.05) is 0 Å². The van der Waals surface area contributed by atoms with Gasteiger partial charge in [-0.15, -0.1) is 0 Å². The minimum atomic E-state index is -5.02. The maximum Gasteiger partial charge on any atom is 0.471 e. The fourth-order valence-electron chi connectivity index (χ4n) is 4.33. The standard InChI is InChI=1S/C21H17F4N3O2/c1-20-13-5-2-3-6-16(13)30-17-10-14(22)12(11-26)9-15(17)28(20)8-4-7-18(20)27-19(29)21(23,24)25/h2-3,5-6,9-10,18H,4,7-8H2,1H3,(H,27,29)/t18?,20-/m1/s1. The van der Waals surface area contributed by atoms with Crippen molar-refractivity contribution in [2.75, 3.05) is 11.4 Å². The molecule has 0 bridgehead atoms. The number of halogens is 4. The number of rotatable bonds is 1. The summed E-state index contributed by atoms with van der Waals surface area (Å²) in [6.07, 6.45) is -4.22. The Labute approximate surface area is 169 Å². The summed E-state index contributed by atoms with van der Waals surface area (Å²) in [5.41, 5.74) is -0.372. The summed E-state index contributed by atoms with van der Waals surface area (Å²) in [6, 6.07) is 10.1. The van der Waals surface area contributed by atoms with E-state index < -0.39 is 29.5 Å². The van der Waals surface area contributed by atoms with Crippen LogP contribution in [0.3, 0.4) is 0 Å². The van der Waals surface area contributed by atoms with Gasteiger partial charge in [0.25, 0.3) is 0 Å². The summed E-state index contributed by atoms with van der Waals surface area (Å²) in [4.78, 5) is 13.6. The zero-order valence-electron chi connectivity index (χ0n) is 15.9. The molecule has 1 N–H and O–H groups in total. The summed E-state index contributed by atoms with van der Waals surface area (Å²) in [5, 5.41) is 11.4. The number of hydrogen-bond donors (Lipinski definition) is 1. The summed E-state index contributed by atoms with van der Waals surface area (Å²) in [7, 11) is 0. The van der Waals surface area contributed by atoms with E-state index in [1.165, 1.54) is 6.07 Å². The van der Waals surface area contributed by atoms with Gasteiger partial charge in [-0.2, -0.15) is 18.4 Å². The maximum absolute atomic E-state index is 14.3. The van der Waals surface area contributed by atoms with Crippen LogP contribution in [0.1, 0.15) is 30.9 Å². The monoisotopic (exact) mass is 419 g/mol.